The van der Waals surface area contributed by atoms with Gasteiger partial charge in [0, 0.05) is 13.1 Å². The molecule has 4 amide bonds. The Morgan fingerprint density at radius 1 is 0.905 bits per heavy atom. The van der Waals surface area contributed by atoms with Gasteiger partial charge >= 0.3 is 18.3 Å². The summed E-state index contributed by atoms with van der Waals surface area (Å²) >= 11 is 0. The van der Waals surface area contributed by atoms with Crippen LogP contribution in [0.1, 0.15) is 81.6 Å². The monoisotopic (exact) mass is 603 g/mol. The van der Waals surface area contributed by atoms with Gasteiger partial charge < -0.3 is 50.6 Å². The van der Waals surface area contributed by atoms with Gasteiger partial charge in [-0.05, 0) is 81.6 Å². The number of amides is 4. The van der Waals surface area contributed by atoms with Crippen molar-refractivity contribution in [2.45, 2.75) is 116 Å². The van der Waals surface area contributed by atoms with Crippen molar-refractivity contribution < 1.29 is 43.6 Å². The molecule has 1 heterocycles. The van der Waals surface area contributed by atoms with Crippen LogP contribution in [0.15, 0.2) is 0 Å². The highest BCUT2D eigenvalue weighted by molar-refractivity contribution is 5.81. The van der Waals surface area contributed by atoms with Gasteiger partial charge in [0.1, 0.15) is 22.4 Å². The van der Waals surface area contributed by atoms with Crippen molar-refractivity contribution in [3.63, 3.8) is 0 Å². The van der Waals surface area contributed by atoms with Crippen molar-refractivity contribution in [1.82, 2.24) is 20.4 Å². The van der Waals surface area contributed by atoms with Crippen molar-refractivity contribution in [3.8, 4) is 0 Å². The molecule has 0 bridgehead atoms. The standard InChI is InChI=1S/C28H53N5O9/c1-25(2,3)40-22(36)30-13-11-10-12-20(29)21(35)31-14-19(34)15-32(23(37)41-26(4,5)6)16-28(39)17-33(18-28)24(38)42-27(7,8)9/h19-20,34,39H,10-18,29H2,1-9H3,(H,30,36)(H,31,35)/t19-,20+/m1/s1. The number of likely N-dealkylation sites (tertiary alicyclic amines) is 1. The number of ether oxygens (including phenoxy) is 3. The van der Waals surface area contributed by atoms with Gasteiger partial charge in [0.15, 0.2) is 0 Å². The summed E-state index contributed by atoms with van der Waals surface area (Å²) in [5, 5.41) is 26.8. The Labute approximate surface area is 249 Å². The first kappa shape index (κ1) is 37.2. The van der Waals surface area contributed by atoms with Crippen LogP contribution in [0.5, 0.6) is 0 Å². The van der Waals surface area contributed by atoms with Gasteiger partial charge in [0.05, 0.1) is 38.3 Å². The zero-order chi connectivity index (χ0) is 32.5. The number of nitrogens with zero attached hydrogens (tertiary/aromatic N) is 2. The molecule has 0 unspecified atom stereocenters. The molecule has 0 aromatic rings. The molecule has 244 valence electrons. The molecule has 1 fully saturated rings. The number of carbonyl (C=O) groups excluding carboxylic acids is 4. The average Bonchev–Trinajstić information content (AvgIpc) is 2.76. The van der Waals surface area contributed by atoms with E-state index in [0.717, 1.165) is 4.90 Å². The number of unbranched alkanes of at least 4 members (excludes halogenated alkanes) is 1. The summed E-state index contributed by atoms with van der Waals surface area (Å²) in [6, 6.07) is -0.824. The van der Waals surface area contributed by atoms with Gasteiger partial charge in [-0.2, -0.15) is 0 Å². The molecular formula is C28H53N5O9. The minimum absolute atomic E-state index is 0.0593. The normalized spacial score (nSPS) is 16.4. The zero-order valence-corrected chi connectivity index (χ0v) is 26.7. The second-order valence-corrected chi connectivity index (χ2v) is 13.9. The van der Waals surface area contributed by atoms with Gasteiger partial charge in [-0.15, -0.1) is 0 Å². The highest BCUT2D eigenvalue weighted by atomic mass is 16.6. The maximum absolute atomic E-state index is 12.9. The Morgan fingerprint density at radius 3 is 1.98 bits per heavy atom. The molecule has 1 saturated heterocycles. The van der Waals surface area contributed by atoms with E-state index in [0.29, 0.717) is 25.8 Å². The second-order valence-electron chi connectivity index (χ2n) is 13.9. The van der Waals surface area contributed by atoms with Crippen molar-refractivity contribution in [2.24, 2.45) is 5.73 Å². The van der Waals surface area contributed by atoms with Crippen LogP contribution < -0.4 is 16.4 Å². The number of rotatable bonds is 12. The number of β-amino-alcohol motifs (C(OH)–C–C–N with tert-alkyl or cyclic N) is 1. The van der Waals surface area contributed by atoms with E-state index >= 15 is 0 Å². The highest BCUT2D eigenvalue weighted by Crippen LogP contribution is 2.25. The van der Waals surface area contributed by atoms with Crippen LogP contribution in [-0.4, -0.2) is 118 Å². The molecule has 0 aliphatic carbocycles. The summed E-state index contributed by atoms with van der Waals surface area (Å²) in [5.41, 5.74) is 2.45. The molecule has 14 nitrogen and oxygen atoms in total. The number of nitrogens with two attached hydrogens (primary N) is 1. The Hall–Kier alpha value is -2.84. The number of alkyl carbamates (subject to hydrolysis) is 1. The molecule has 6 N–H and O–H groups in total. The van der Waals surface area contributed by atoms with E-state index in [2.05, 4.69) is 10.6 Å². The number of carbonyl (C=O) groups is 4. The molecule has 1 rings (SSSR count). The summed E-state index contributed by atoms with van der Waals surface area (Å²) in [6.45, 7) is 15.2. The molecule has 0 aromatic heterocycles. The Bertz CT molecular complexity index is 918. The fourth-order valence-corrected chi connectivity index (χ4v) is 3.90. The van der Waals surface area contributed by atoms with Crippen LogP contribution in [-0.2, 0) is 19.0 Å². The smallest absolute Gasteiger partial charge is 0.410 e. The van der Waals surface area contributed by atoms with E-state index in [4.69, 9.17) is 19.9 Å². The van der Waals surface area contributed by atoms with Crippen molar-refractivity contribution in [1.29, 1.82) is 0 Å². The molecule has 1 aliphatic rings. The second kappa shape index (κ2) is 15.1. The molecule has 1 aliphatic heterocycles. The summed E-state index contributed by atoms with van der Waals surface area (Å²) < 4.78 is 15.9. The van der Waals surface area contributed by atoms with Crippen molar-refractivity contribution in [3.05, 3.63) is 0 Å². The maximum atomic E-state index is 12.9. The third-order valence-corrected chi connectivity index (χ3v) is 5.65. The summed E-state index contributed by atoms with van der Waals surface area (Å²) in [4.78, 5) is 51.7. The lowest BCUT2D eigenvalue weighted by Gasteiger charge is -2.48. The van der Waals surface area contributed by atoms with Gasteiger partial charge in [-0.3, -0.25) is 4.79 Å². The first-order valence-corrected chi connectivity index (χ1v) is 14.3. The van der Waals surface area contributed by atoms with Crippen LogP contribution >= 0.6 is 0 Å². The molecule has 0 saturated carbocycles. The van der Waals surface area contributed by atoms with Crippen LogP contribution in [0.4, 0.5) is 14.4 Å². The fourth-order valence-electron chi connectivity index (χ4n) is 3.90. The Balaban J connectivity index is 2.56. The third-order valence-electron chi connectivity index (χ3n) is 5.65. The van der Waals surface area contributed by atoms with Crippen LogP contribution in [0, 0.1) is 0 Å². The predicted molar refractivity (Wildman–Crippen MR) is 156 cm³/mol. The fraction of sp³-hybridized carbons (Fsp3) is 0.857. The van der Waals surface area contributed by atoms with Crippen LogP contribution in [0.25, 0.3) is 0 Å². The van der Waals surface area contributed by atoms with E-state index in [1.54, 1.807) is 62.3 Å². The number of aliphatic hydroxyl groups is 2. The summed E-state index contributed by atoms with van der Waals surface area (Å²) in [5.74, 6) is -0.469. The lowest BCUT2D eigenvalue weighted by Crippen LogP contribution is -2.68. The SMILES string of the molecule is CC(C)(C)OC(=O)NCCCC[C@H](N)C(=O)NC[C@@H](O)CN(CC1(O)CN(C(=O)OC(C)(C)C)C1)C(=O)OC(C)(C)C. The minimum atomic E-state index is -1.42. The lowest BCUT2D eigenvalue weighted by molar-refractivity contribution is -0.123. The van der Waals surface area contributed by atoms with Crippen LogP contribution in [0.2, 0.25) is 0 Å². The third kappa shape index (κ3) is 15.4. The molecular weight excluding hydrogens is 550 g/mol. The predicted octanol–water partition coefficient (Wildman–Crippen LogP) is 1.70. The average molecular weight is 604 g/mol. The van der Waals surface area contributed by atoms with E-state index in [1.165, 1.54) is 4.90 Å². The van der Waals surface area contributed by atoms with Gasteiger partial charge in [-0.1, -0.05) is 0 Å². The van der Waals surface area contributed by atoms with Crippen molar-refractivity contribution >= 4 is 24.2 Å². The molecule has 0 spiro atoms. The van der Waals surface area contributed by atoms with E-state index in [-0.39, 0.29) is 32.7 Å². The number of hydrogen-bond donors (Lipinski definition) is 5. The zero-order valence-electron chi connectivity index (χ0n) is 26.7. The minimum Gasteiger partial charge on any atom is -0.444 e. The highest BCUT2D eigenvalue weighted by Gasteiger charge is 2.47. The number of nitrogens with one attached hydrogen (secondary N) is 2. The molecule has 2 atom stereocenters. The van der Waals surface area contributed by atoms with E-state index in [1.807, 2.05) is 0 Å². The summed E-state index contributed by atoms with van der Waals surface area (Å²) in [6.07, 6.45) is -1.48. The van der Waals surface area contributed by atoms with Gasteiger partial charge in [0.25, 0.3) is 0 Å². The molecule has 42 heavy (non-hydrogen) atoms. The summed E-state index contributed by atoms with van der Waals surface area (Å²) in [7, 11) is 0. The quantitative estimate of drug-likeness (QED) is 0.162. The first-order chi connectivity index (χ1) is 19.0. The number of hydrogen-bond acceptors (Lipinski definition) is 10. The molecule has 0 aromatic carbocycles. The first-order valence-electron chi connectivity index (χ1n) is 14.3. The number of aliphatic hydroxyl groups excluding tert-OH is 1. The maximum Gasteiger partial charge on any atom is 0.410 e. The van der Waals surface area contributed by atoms with E-state index in [9.17, 15) is 29.4 Å². The van der Waals surface area contributed by atoms with E-state index < -0.39 is 58.7 Å². The van der Waals surface area contributed by atoms with Crippen molar-refractivity contribution in [2.75, 3.05) is 39.3 Å². The van der Waals surface area contributed by atoms with Gasteiger partial charge in [0.2, 0.25) is 5.91 Å². The topological polar surface area (TPSA) is 193 Å². The molecule has 14 heteroatoms. The molecule has 0 radical (unpaired) electrons. The Kier molecular flexibility index (Phi) is 13.3. The van der Waals surface area contributed by atoms with Gasteiger partial charge in [-0.25, -0.2) is 14.4 Å². The lowest BCUT2D eigenvalue weighted by atomic mass is 9.94. The Morgan fingerprint density at radius 2 is 1.45 bits per heavy atom. The largest absolute Gasteiger partial charge is 0.444 e. The van der Waals surface area contributed by atoms with Crippen LogP contribution in [0.3, 0.4) is 0 Å².